The first-order chi connectivity index (χ1) is 7.85. The molecule has 1 atom stereocenters. The van der Waals surface area contributed by atoms with Crippen LogP contribution in [0.4, 0.5) is 0 Å². The van der Waals surface area contributed by atoms with Gasteiger partial charge >= 0.3 is 0 Å². The Bertz CT molecular complexity index is 289. The van der Waals surface area contributed by atoms with Crippen molar-refractivity contribution in [2.45, 2.75) is 26.2 Å². The third kappa shape index (κ3) is 2.86. The van der Waals surface area contributed by atoms with Crippen LogP contribution in [0.2, 0.25) is 0 Å². The van der Waals surface area contributed by atoms with Gasteiger partial charge in [0.1, 0.15) is 5.76 Å². The number of hydrogen-bond acceptors (Lipinski definition) is 3. The third-order valence-electron chi connectivity index (χ3n) is 3.24. The Morgan fingerprint density at radius 2 is 2.44 bits per heavy atom. The quantitative estimate of drug-likeness (QED) is 0.751. The van der Waals surface area contributed by atoms with E-state index in [0.29, 0.717) is 0 Å². The minimum Gasteiger partial charge on any atom is -0.469 e. The zero-order chi connectivity index (χ0) is 11.3. The monoisotopic (exact) mass is 223 g/mol. The molecule has 1 aromatic heterocycles. The summed E-state index contributed by atoms with van der Waals surface area (Å²) in [4.78, 5) is 0. The van der Waals surface area contributed by atoms with Crippen molar-refractivity contribution in [3.63, 3.8) is 0 Å². The lowest BCUT2D eigenvalue weighted by atomic mass is 9.82. The molecular formula is C13H21NO2. The first-order valence-electron chi connectivity index (χ1n) is 6.15. The maximum Gasteiger partial charge on any atom is 0.104 e. The lowest BCUT2D eigenvalue weighted by Crippen LogP contribution is -2.37. The van der Waals surface area contributed by atoms with E-state index in [1.807, 2.05) is 6.07 Å². The van der Waals surface area contributed by atoms with Crippen LogP contribution in [-0.2, 0) is 11.2 Å². The molecule has 3 heteroatoms. The topological polar surface area (TPSA) is 34.4 Å². The van der Waals surface area contributed by atoms with Crippen LogP contribution in [0.25, 0.3) is 0 Å². The Labute approximate surface area is 97.2 Å². The maximum absolute atomic E-state index is 5.56. The van der Waals surface area contributed by atoms with Crippen molar-refractivity contribution in [2.24, 2.45) is 5.41 Å². The highest BCUT2D eigenvalue weighted by molar-refractivity contribution is 5.04. The van der Waals surface area contributed by atoms with Gasteiger partial charge in [0.2, 0.25) is 0 Å². The standard InChI is InChI=1S/C13H21NO2/c1-2-6-14-10-13(5-8-15-11-13)9-12-4-3-7-16-12/h3-4,7,14H,2,5-6,8-11H2,1H3. The smallest absolute Gasteiger partial charge is 0.104 e. The van der Waals surface area contributed by atoms with Gasteiger partial charge in [0.05, 0.1) is 12.9 Å². The summed E-state index contributed by atoms with van der Waals surface area (Å²) in [6, 6.07) is 4.01. The molecule has 1 saturated heterocycles. The molecule has 0 aliphatic carbocycles. The van der Waals surface area contributed by atoms with Gasteiger partial charge in [-0.2, -0.15) is 0 Å². The molecule has 90 valence electrons. The van der Waals surface area contributed by atoms with E-state index in [1.165, 1.54) is 6.42 Å². The second-order valence-electron chi connectivity index (χ2n) is 4.74. The van der Waals surface area contributed by atoms with Crippen LogP contribution < -0.4 is 5.32 Å². The summed E-state index contributed by atoms with van der Waals surface area (Å²) in [6.07, 6.45) is 5.04. The third-order valence-corrected chi connectivity index (χ3v) is 3.24. The Morgan fingerprint density at radius 3 is 3.06 bits per heavy atom. The van der Waals surface area contributed by atoms with Gasteiger partial charge in [-0.3, -0.25) is 0 Å². The fourth-order valence-electron chi connectivity index (χ4n) is 2.30. The predicted octanol–water partition coefficient (Wildman–Crippen LogP) is 2.23. The van der Waals surface area contributed by atoms with E-state index in [2.05, 4.69) is 18.3 Å². The molecule has 16 heavy (non-hydrogen) atoms. The molecule has 1 aromatic rings. The fourth-order valence-corrected chi connectivity index (χ4v) is 2.30. The lowest BCUT2D eigenvalue weighted by Gasteiger charge is -2.26. The number of ether oxygens (including phenoxy) is 1. The van der Waals surface area contributed by atoms with E-state index >= 15 is 0 Å². The fraction of sp³-hybridized carbons (Fsp3) is 0.692. The van der Waals surface area contributed by atoms with Crippen LogP contribution in [0, 0.1) is 5.41 Å². The van der Waals surface area contributed by atoms with Crippen LogP contribution in [-0.4, -0.2) is 26.3 Å². The Hall–Kier alpha value is -0.800. The van der Waals surface area contributed by atoms with Gasteiger partial charge in [-0.1, -0.05) is 6.92 Å². The van der Waals surface area contributed by atoms with Crippen LogP contribution in [0.5, 0.6) is 0 Å². The molecule has 0 spiro atoms. The van der Waals surface area contributed by atoms with Gasteiger partial charge in [0.25, 0.3) is 0 Å². The molecule has 3 nitrogen and oxygen atoms in total. The summed E-state index contributed by atoms with van der Waals surface area (Å²) in [6.45, 7) is 6.04. The van der Waals surface area contributed by atoms with Crippen LogP contribution in [0.3, 0.4) is 0 Å². The van der Waals surface area contributed by atoms with E-state index < -0.39 is 0 Å². The number of rotatable bonds is 6. The Morgan fingerprint density at radius 1 is 1.50 bits per heavy atom. The van der Waals surface area contributed by atoms with E-state index in [0.717, 1.165) is 44.9 Å². The predicted molar refractivity (Wildman–Crippen MR) is 63.4 cm³/mol. The molecule has 0 bridgehead atoms. The molecule has 1 aliphatic rings. The average Bonchev–Trinajstić information content (AvgIpc) is 2.91. The summed E-state index contributed by atoms with van der Waals surface area (Å²) < 4.78 is 11.0. The molecule has 1 fully saturated rings. The molecule has 2 rings (SSSR count). The highest BCUT2D eigenvalue weighted by Crippen LogP contribution is 2.32. The van der Waals surface area contributed by atoms with Crippen molar-refractivity contribution in [1.29, 1.82) is 0 Å². The van der Waals surface area contributed by atoms with Crippen molar-refractivity contribution in [3.8, 4) is 0 Å². The van der Waals surface area contributed by atoms with Gasteiger partial charge < -0.3 is 14.5 Å². The van der Waals surface area contributed by atoms with Crippen LogP contribution >= 0.6 is 0 Å². The zero-order valence-corrected chi connectivity index (χ0v) is 10.00. The molecule has 1 N–H and O–H groups in total. The molecular weight excluding hydrogens is 202 g/mol. The molecule has 0 saturated carbocycles. The van der Waals surface area contributed by atoms with E-state index in [9.17, 15) is 0 Å². The van der Waals surface area contributed by atoms with Gasteiger partial charge in [-0.05, 0) is 31.5 Å². The first kappa shape index (κ1) is 11.7. The van der Waals surface area contributed by atoms with Crippen molar-refractivity contribution in [3.05, 3.63) is 24.2 Å². The van der Waals surface area contributed by atoms with Gasteiger partial charge in [-0.25, -0.2) is 0 Å². The largest absolute Gasteiger partial charge is 0.469 e. The summed E-state index contributed by atoms with van der Waals surface area (Å²) in [5.41, 5.74) is 0.243. The van der Waals surface area contributed by atoms with Crippen molar-refractivity contribution in [2.75, 3.05) is 26.3 Å². The van der Waals surface area contributed by atoms with Crippen molar-refractivity contribution < 1.29 is 9.15 Å². The van der Waals surface area contributed by atoms with Gasteiger partial charge in [-0.15, -0.1) is 0 Å². The molecule has 1 unspecified atom stereocenters. The minimum atomic E-state index is 0.243. The normalized spacial score (nSPS) is 25.1. The lowest BCUT2D eigenvalue weighted by molar-refractivity contribution is 0.145. The Balaban J connectivity index is 1.92. The molecule has 0 amide bonds. The Kier molecular flexibility index (Phi) is 4.02. The second kappa shape index (κ2) is 5.51. The molecule has 1 aliphatic heterocycles. The minimum absolute atomic E-state index is 0.243. The van der Waals surface area contributed by atoms with Crippen molar-refractivity contribution in [1.82, 2.24) is 5.32 Å². The van der Waals surface area contributed by atoms with Gasteiger partial charge in [0, 0.05) is 25.0 Å². The zero-order valence-electron chi connectivity index (χ0n) is 10.00. The van der Waals surface area contributed by atoms with E-state index in [1.54, 1.807) is 6.26 Å². The summed E-state index contributed by atoms with van der Waals surface area (Å²) in [5, 5.41) is 3.51. The van der Waals surface area contributed by atoms with E-state index in [4.69, 9.17) is 9.15 Å². The first-order valence-corrected chi connectivity index (χ1v) is 6.15. The average molecular weight is 223 g/mol. The van der Waals surface area contributed by atoms with Crippen molar-refractivity contribution >= 4 is 0 Å². The summed E-state index contributed by atoms with van der Waals surface area (Å²) >= 11 is 0. The highest BCUT2D eigenvalue weighted by Gasteiger charge is 2.35. The molecule has 0 aromatic carbocycles. The number of nitrogens with one attached hydrogen (secondary N) is 1. The molecule has 2 heterocycles. The maximum atomic E-state index is 5.56. The SMILES string of the molecule is CCCNCC1(Cc2ccco2)CCOC1. The van der Waals surface area contributed by atoms with Crippen LogP contribution in [0.1, 0.15) is 25.5 Å². The highest BCUT2D eigenvalue weighted by atomic mass is 16.5. The van der Waals surface area contributed by atoms with E-state index in [-0.39, 0.29) is 5.41 Å². The molecule has 0 radical (unpaired) electrons. The second-order valence-corrected chi connectivity index (χ2v) is 4.74. The summed E-state index contributed by atoms with van der Waals surface area (Å²) in [5.74, 6) is 1.07. The van der Waals surface area contributed by atoms with Gasteiger partial charge in [0.15, 0.2) is 0 Å². The number of hydrogen-bond donors (Lipinski definition) is 1. The number of furan rings is 1. The van der Waals surface area contributed by atoms with Crippen LogP contribution in [0.15, 0.2) is 22.8 Å². The summed E-state index contributed by atoms with van der Waals surface area (Å²) in [7, 11) is 0.